The number of fused-ring (bicyclic) bond motifs is 1. The average molecular weight is 364 g/mol. The molecule has 0 bridgehead atoms. The third-order valence-electron chi connectivity index (χ3n) is 4.29. The smallest absolute Gasteiger partial charge is 0.271 e. The first kappa shape index (κ1) is 18.3. The van der Waals surface area contributed by atoms with Gasteiger partial charge >= 0.3 is 0 Å². The van der Waals surface area contributed by atoms with Crippen LogP contribution in [0.4, 0.5) is 0 Å². The van der Waals surface area contributed by atoms with Gasteiger partial charge in [0.05, 0.1) is 11.1 Å². The molecule has 0 atom stereocenters. The Morgan fingerprint density at radius 1 is 1.00 bits per heavy atom. The highest BCUT2D eigenvalue weighted by Crippen LogP contribution is 2.11. The minimum atomic E-state index is -0.544. The Labute approximate surface area is 156 Å². The van der Waals surface area contributed by atoms with Crippen molar-refractivity contribution in [3.8, 4) is 0 Å². The standard InChI is InChI=1S/C20H20N4O3/c1-3-14-8-10-15(11-9-14)19(26)22-21-18(25)12-24-20(27)17-7-5-4-6-16(17)13(2)23-24/h4-11H,3,12H2,1-2H3,(H,21,25)(H,22,26). The van der Waals surface area contributed by atoms with Crippen LogP contribution < -0.4 is 16.4 Å². The van der Waals surface area contributed by atoms with Crippen LogP contribution in [0.25, 0.3) is 10.8 Å². The predicted molar refractivity (Wildman–Crippen MR) is 102 cm³/mol. The van der Waals surface area contributed by atoms with E-state index in [1.165, 1.54) is 0 Å². The molecule has 0 radical (unpaired) electrons. The summed E-state index contributed by atoms with van der Waals surface area (Å²) in [4.78, 5) is 36.7. The molecule has 2 amide bonds. The zero-order valence-corrected chi connectivity index (χ0v) is 15.2. The lowest BCUT2D eigenvalue weighted by Gasteiger charge is -2.10. The van der Waals surface area contributed by atoms with Gasteiger partial charge < -0.3 is 0 Å². The van der Waals surface area contributed by atoms with Crippen molar-refractivity contribution in [1.82, 2.24) is 20.6 Å². The van der Waals surface area contributed by atoms with Crippen LogP contribution in [-0.4, -0.2) is 21.6 Å². The normalized spacial score (nSPS) is 10.6. The van der Waals surface area contributed by atoms with Gasteiger partial charge in [-0.1, -0.05) is 37.3 Å². The number of hydrogen-bond acceptors (Lipinski definition) is 4. The maximum absolute atomic E-state index is 12.5. The average Bonchev–Trinajstić information content (AvgIpc) is 2.70. The number of nitrogens with one attached hydrogen (secondary N) is 2. The fourth-order valence-electron chi connectivity index (χ4n) is 2.78. The summed E-state index contributed by atoms with van der Waals surface area (Å²) in [5, 5.41) is 5.43. The van der Waals surface area contributed by atoms with Crippen molar-refractivity contribution in [3.05, 3.63) is 75.7 Å². The lowest BCUT2D eigenvalue weighted by atomic mass is 10.1. The summed E-state index contributed by atoms with van der Waals surface area (Å²) in [5.74, 6) is -0.973. The molecule has 3 aromatic rings. The quantitative estimate of drug-likeness (QED) is 0.690. The summed E-state index contributed by atoms with van der Waals surface area (Å²) in [6.45, 7) is 3.51. The van der Waals surface area contributed by atoms with Gasteiger partial charge in [-0.05, 0) is 37.1 Å². The van der Waals surface area contributed by atoms with Gasteiger partial charge in [0, 0.05) is 10.9 Å². The van der Waals surface area contributed by atoms with Gasteiger partial charge in [-0.15, -0.1) is 0 Å². The molecule has 0 unspecified atom stereocenters. The van der Waals surface area contributed by atoms with Crippen LogP contribution in [0.5, 0.6) is 0 Å². The molecule has 0 aliphatic carbocycles. The summed E-state index contributed by atoms with van der Waals surface area (Å²) in [5.41, 5.74) is 6.51. The van der Waals surface area contributed by atoms with E-state index < -0.39 is 11.8 Å². The first-order valence-corrected chi connectivity index (χ1v) is 8.64. The maximum atomic E-state index is 12.5. The zero-order chi connectivity index (χ0) is 19.4. The molecule has 0 saturated heterocycles. The number of aromatic nitrogens is 2. The molecule has 27 heavy (non-hydrogen) atoms. The topological polar surface area (TPSA) is 93.1 Å². The molecule has 1 aromatic heterocycles. The number of rotatable bonds is 4. The van der Waals surface area contributed by atoms with Gasteiger partial charge in [0.25, 0.3) is 17.4 Å². The van der Waals surface area contributed by atoms with E-state index in [1.807, 2.05) is 31.2 Å². The van der Waals surface area contributed by atoms with E-state index in [4.69, 9.17) is 0 Å². The van der Waals surface area contributed by atoms with Crippen molar-refractivity contribution < 1.29 is 9.59 Å². The number of benzene rings is 2. The fourth-order valence-corrected chi connectivity index (χ4v) is 2.78. The summed E-state index contributed by atoms with van der Waals surface area (Å²) in [6, 6.07) is 14.2. The van der Waals surface area contributed by atoms with Gasteiger partial charge in [0.2, 0.25) is 0 Å². The second-order valence-corrected chi connectivity index (χ2v) is 6.15. The predicted octanol–water partition coefficient (Wildman–Crippen LogP) is 1.73. The first-order chi connectivity index (χ1) is 13.0. The molecule has 0 saturated carbocycles. The molecule has 0 aliphatic rings. The maximum Gasteiger partial charge on any atom is 0.275 e. The minimum Gasteiger partial charge on any atom is -0.271 e. The number of hydrogen-bond donors (Lipinski definition) is 2. The Hall–Kier alpha value is -3.48. The monoisotopic (exact) mass is 364 g/mol. The van der Waals surface area contributed by atoms with Crippen molar-refractivity contribution >= 4 is 22.6 Å². The Morgan fingerprint density at radius 2 is 1.67 bits per heavy atom. The summed E-state index contributed by atoms with van der Waals surface area (Å²) in [6.07, 6.45) is 0.881. The number of hydrazine groups is 1. The second kappa shape index (κ2) is 7.82. The molecule has 0 fully saturated rings. The van der Waals surface area contributed by atoms with Crippen LogP contribution in [0, 0.1) is 6.92 Å². The molecule has 0 spiro atoms. The number of amides is 2. The molecule has 7 heteroatoms. The fraction of sp³-hybridized carbons (Fsp3) is 0.200. The third kappa shape index (κ3) is 4.03. The largest absolute Gasteiger partial charge is 0.275 e. The van der Waals surface area contributed by atoms with Crippen LogP contribution >= 0.6 is 0 Å². The van der Waals surface area contributed by atoms with Gasteiger partial charge in [0.1, 0.15) is 6.54 Å². The number of aryl methyl sites for hydroxylation is 2. The first-order valence-electron chi connectivity index (χ1n) is 8.64. The lowest BCUT2D eigenvalue weighted by Crippen LogP contribution is -2.44. The lowest BCUT2D eigenvalue weighted by molar-refractivity contribution is -0.122. The van der Waals surface area contributed by atoms with E-state index in [0.717, 1.165) is 22.1 Å². The van der Waals surface area contributed by atoms with Crippen LogP contribution in [0.2, 0.25) is 0 Å². The van der Waals surface area contributed by atoms with Gasteiger partial charge in [-0.25, -0.2) is 4.68 Å². The Balaban J connectivity index is 1.67. The minimum absolute atomic E-state index is 0.292. The van der Waals surface area contributed by atoms with Crippen LogP contribution in [0.15, 0.2) is 53.3 Å². The van der Waals surface area contributed by atoms with E-state index in [0.29, 0.717) is 16.6 Å². The third-order valence-corrected chi connectivity index (χ3v) is 4.29. The van der Waals surface area contributed by atoms with Crippen molar-refractivity contribution in [2.45, 2.75) is 26.8 Å². The van der Waals surface area contributed by atoms with E-state index in [-0.39, 0.29) is 12.1 Å². The SMILES string of the molecule is CCc1ccc(C(=O)NNC(=O)Cn2nc(C)c3ccccc3c2=O)cc1. The Morgan fingerprint density at radius 3 is 2.33 bits per heavy atom. The second-order valence-electron chi connectivity index (χ2n) is 6.15. The van der Waals surface area contributed by atoms with Crippen LogP contribution in [0.3, 0.4) is 0 Å². The van der Waals surface area contributed by atoms with Gasteiger partial charge in [0.15, 0.2) is 0 Å². The molecular weight excluding hydrogens is 344 g/mol. The molecule has 0 aliphatic heterocycles. The summed E-state index contributed by atoms with van der Waals surface area (Å²) >= 11 is 0. The van der Waals surface area contributed by atoms with Crippen molar-refractivity contribution in [3.63, 3.8) is 0 Å². The highest BCUT2D eigenvalue weighted by molar-refractivity contribution is 5.95. The van der Waals surface area contributed by atoms with E-state index in [9.17, 15) is 14.4 Å². The van der Waals surface area contributed by atoms with Gasteiger partial charge in [-0.2, -0.15) is 5.10 Å². The molecule has 3 rings (SSSR count). The van der Waals surface area contributed by atoms with Crippen LogP contribution in [-0.2, 0) is 17.8 Å². The number of carbonyl (C=O) groups excluding carboxylic acids is 2. The molecule has 2 aromatic carbocycles. The number of carbonyl (C=O) groups is 2. The summed E-state index contributed by atoms with van der Waals surface area (Å²) in [7, 11) is 0. The van der Waals surface area contributed by atoms with Crippen LogP contribution in [0.1, 0.15) is 28.5 Å². The number of nitrogens with zero attached hydrogens (tertiary/aromatic N) is 2. The van der Waals surface area contributed by atoms with Gasteiger partial charge in [-0.3, -0.25) is 25.2 Å². The van der Waals surface area contributed by atoms with Crippen molar-refractivity contribution in [2.24, 2.45) is 0 Å². The Bertz CT molecular complexity index is 1060. The summed E-state index contributed by atoms with van der Waals surface area (Å²) < 4.78 is 1.09. The van der Waals surface area contributed by atoms with Crippen molar-refractivity contribution in [1.29, 1.82) is 0 Å². The molecular formula is C20H20N4O3. The van der Waals surface area contributed by atoms with E-state index in [1.54, 1.807) is 31.2 Å². The highest BCUT2D eigenvalue weighted by Gasteiger charge is 2.12. The zero-order valence-electron chi connectivity index (χ0n) is 15.2. The molecule has 1 heterocycles. The highest BCUT2D eigenvalue weighted by atomic mass is 16.2. The molecule has 2 N–H and O–H groups in total. The van der Waals surface area contributed by atoms with Crippen molar-refractivity contribution in [2.75, 3.05) is 0 Å². The molecule has 7 nitrogen and oxygen atoms in total. The van der Waals surface area contributed by atoms with E-state index >= 15 is 0 Å². The van der Waals surface area contributed by atoms with E-state index in [2.05, 4.69) is 16.0 Å². The molecule has 138 valence electrons. The Kier molecular flexibility index (Phi) is 5.30.